The topological polar surface area (TPSA) is 59.8 Å². The number of rotatable bonds is 6. The Balaban J connectivity index is 1.65. The molecule has 118 valence electrons. The van der Waals surface area contributed by atoms with Crippen molar-refractivity contribution in [1.29, 1.82) is 0 Å². The lowest BCUT2D eigenvalue weighted by Gasteiger charge is -2.08. The van der Waals surface area contributed by atoms with E-state index in [2.05, 4.69) is 15.4 Å². The second-order valence-corrected chi connectivity index (χ2v) is 6.61. The third-order valence-corrected chi connectivity index (χ3v) is 4.88. The Morgan fingerprint density at radius 1 is 1.13 bits per heavy atom. The second kappa shape index (κ2) is 7.19. The molecule has 5 nitrogen and oxygen atoms in total. The molecule has 1 aromatic heterocycles. The van der Waals surface area contributed by atoms with Gasteiger partial charge in [0.25, 0.3) is 0 Å². The molecule has 0 amide bonds. The number of benzene rings is 2. The molecular formula is C17H18N4OS. The van der Waals surface area contributed by atoms with E-state index in [-0.39, 0.29) is 0 Å². The average molecular weight is 326 g/mol. The Morgan fingerprint density at radius 3 is 2.70 bits per heavy atom. The summed E-state index contributed by atoms with van der Waals surface area (Å²) in [7, 11) is 0.830. The SMILES string of the molecule is Cn1ncnc1CNc1cccc(CS(=O)c2ccccc2)c1. The van der Waals surface area contributed by atoms with E-state index in [0.717, 1.165) is 22.0 Å². The van der Waals surface area contributed by atoms with Crippen molar-refractivity contribution in [3.63, 3.8) is 0 Å². The molecule has 0 bridgehead atoms. The van der Waals surface area contributed by atoms with Crippen LogP contribution in [0.4, 0.5) is 5.69 Å². The van der Waals surface area contributed by atoms with Gasteiger partial charge in [-0.3, -0.25) is 8.89 Å². The molecule has 1 unspecified atom stereocenters. The standard InChI is InChI=1S/C17H18N4OS/c1-21-17(19-13-20-21)11-18-15-7-5-6-14(10-15)12-23(22)16-8-3-2-4-9-16/h2-10,13,18H,11-12H2,1H3. The monoisotopic (exact) mass is 326 g/mol. The van der Waals surface area contributed by atoms with E-state index >= 15 is 0 Å². The van der Waals surface area contributed by atoms with Gasteiger partial charge in [0.1, 0.15) is 12.2 Å². The maximum atomic E-state index is 12.4. The molecule has 1 heterocycles. The van der Waals surface area contributed by atoms with Gasteiger partial charge in [0, 0.05) is 17.6 Å². The van der Waals surface area contributed by atoms with Crippen LogP contribution in [0.3, 0.4) is 0 Å². The minimum Gasteiger partial charge on any atom is -0.378 e. The van der Waals surface area contributed by atoms with Gasteiger partial charge in [-0.05, 0) is 29.8 Å². The molecule has 23 heavy (non-hydrogen) atoms. The normalized spacial score (nSPS) is 12.0. The fourth-order valence-corrected chi connectivity index (χ4v) is 3.35. The first-order valence-corrected chi connectivity index (χ1v) is 8.63. The Hall–Kier alpha value is -2.47. The molecule has 1 atom stereocenters. The fourth-order valence-electron chi connectivity index (χ4n) is 2.24. The second-order valence-electron chi connectivity index (χ2n) is 5.16. The van der Waals surface area contributed by atoms with Crippen LogP contribution in [-0.2, 0) is 30.1 Å². The Labute approximate surface area is 137 Å². The molecule has 2 aromatic carbocycles. The highest BCUT2D eigenvalue weighted by atomic mass is 32.2. The predicted octanol–water partition coefficient (Wildman–Crippen LogP) is 2.74. The molecule has 0 saturated carbocycles. The minimum atomic E-state index is -1.03. The highest BCUT2D eigenvalue weighted by Gasteiger charge is 2.06. The molecule has 3 rings (SSSR count). The number of nitrogens with one attached hydrogen (secondary N) is 1. The van der Waals surface area contributed by atoms with Crippen molar-refractivity contribution in [2.75, 3.05) is 5.32 Å². The van der Waals surface area contributed by atoms with Crippen LogP contribution in [0.5, 0.6) is 0 Å². The fraction of sp³-hybridized carbons (Fsp3) is 0.176. The van der Waals surface area contributed by atoms with E-state index in [1.807, 2.05) is 61.6 Å². The van der Waals surface area contributed by atoms with Crippen LogP contribution in [0.2, 0.25) is 0 Å². The number of anilines is 1. The van der Waals surface area contributed by atoms with Gasteiger partial charge in [-0.2, -0.15) is 5.10 Å². The number of hydrogen-bond acceptors (Lipinski definition) is 4. The van der Waals surface area contributed by atoms with Gasteiger partial charge in [0.05, 0.1) is 23.1 Å². The van der Waals surface area contributed by atoms with Crippen molar-refractivity contribution < 1.29 is 4.21 Å². The van der Waals surface area contributed by atoms with Crippen LogP contribution >= 0.6 is 0 Å². The lowest BCUT2D eigenvalue weighted by Crippen LogP contribution is -2.07. The zero-order chi connectivity index (χ0) is 16.1. The molecule has 0 saturated heterocycles. The highest BCUT2D eigenvalue weighted by Crippen LogP contribution is 2.16. The van der Waals surface area contributed by atoms with E-state index in [1.54, 1.807) is 4.68 Å². The molecular weight excluding hydrogens is 308 g/mol. The Morgan fingerprint density at radius 2 is 1.96 bits per heavy atom. The summed E-state index contributed by atoms with van der Waals surface area (Å²) < 4.78 is 14.1. The van der Waals surface area contributed by atoms with Crippen LogP contribution < -0.4 is 5.32 Å². The first-order valence-electron chi connectivity index (χ1n) is 7.31. The van der Waals surface area contributed by atoms with E-state index in [1.165, 1.54) is 6.33 Å². The summed E-state index contributed by atoms with van der Waals surface area (Å²) in [5.41, 5.74) is 2.02. The smallest absolute Gasteiger partial charge is 0.145 e. The van der Waals surface area contributed by atoms with Crippen LogP contribution in [0, 0.1) is 0 Å². The first-order chi connectivity index (χ1) is 11.2. The van der Waals surface area contributed by atoms with Gasteiger partial charge in [0.15, 0.2) is 0 Å². The number of nitrogens with zero attached hydrogens (tertiary/aromatic N) is 3. The molecule has 0 fully saturated rings. The largest absolute Gasteiger partial charge is 0.378 e. The van der Waals surface area contributed by atoms with E-state index in [9.17, 15) is 4.21 Å². The molecule has 0 aliphatic rings. The average Bonchev–Trinajstić information content (AvgIpc) is 2.99. The van der Waals surface area contributed by atoms with Crippen LogP contribution in [0.1, 0.15) is 11.4 Å². The summed E-state index contributed by atoms with van der Waals surface area (Å²) in [5, 5.41) is 7.36. The molecule has 3 aromatic rings. The molecule has 0 aliphatic carbocycles. The Bertz CT molecular complexity index is 801. The van der Waals surface area contributed by atoms with Crippen LogP contribution in [0.25, 0.3) is 0 Å². The van der Waals surface area contributed by atoms with Gasteiger partial charge in [-0.25, -0.2) is 4.98 Å². The summed E-state index contributed by atoms with van der Waals surface area (Å²) in [6.07, 6.45) is 1.54. The maximum absolute atomic E-state index is 12.4. The van der Waals surface area contributed by atoms with Gasteiger partial charge < -0.3 is 5.32 Å². The van der Waals surface area contributed by atoms with Gasteiger partial charge in [-0.1, -0.05) is 30.3 Å². The Kier molecular flexibility index (Phi) is 4.83. The van der Waals surface area contributed by atoms with Crippen molar-refractivity contribution >= 4 is 16.5 Å². The molecule has 0 spiro atoms. The third kappa shape index (κ3) is 4.04. The van der Waals surface area contributed by atoms with Gasteiger partial charge in [0.2, 0.25) is 0 Å². The van der Waals surface area contributed by atoms with Gasteiger partial charge in [-0.15, -0.1) is 0 Å². The van der Waals surface area contributed by atoms with E-state index in [0.29, 0.717) is 12.3 Å². The van der Waals surface area contributed by atoms with Crippen molar-refractivity contribution in [2.45, 2.75) is 17.2 Å². The summed E-state index contributed by atoms with van der Waals surface area (Å²) in [4.78, 5) is 5.03. The van der Waals surface area contributed by atoms with Crippen molar-refractivity contribution in [1.82, 2.24) is 14.8 Å². The van der Waals surface area contributed by atoms with Gasteiger partial charge >= 0.3 is 0 Å². The minimum absolute atomic E-state index is 0.503. The zero-order valence-corrected chi connectivity index (χ0v) is 13.7. The van der Waals surface area contributed by atoms with Crippen LogP contribution in [-0.4, -0.2) is 19.0 Å². The van der Waals surface area contributed by atoms with E-state index < -0.39 is 10.8 Å². The molecule has 0 aliphatic heterocycles. The van der Waals surface area contributed by atoms with Crippen molar-refractivity contribution in [3.05, 3.63) is 72.3 Å². The number of aromatic nitrogens is 3. The number of hydrogen-bond donors (Lipinski definition) is 1. The quantitative estimate of drug-likeness (QED) is 0.757. The summed E-state index contributed by atoms with van der Waals surface area (Å²) in [6.45, 7) is 0.599. The third-order valence-electron chi connectivity index (χ3n) is 3.49. The first kappa shape index (κ1) is 15.4. The summed E-state index contributed by atoms with van der Waals surface area (Å²) in [5.74, 6) is 1.37. The zero-order valence-electron chi connectivity index (χ0n) is 12.8. The predicted molar refractivity (Wildman–Crippen MR) is 91.3 cm³/mol. The summed E-state index contributed by atoms with van der Waals surface area (Å²) in [6, 6.07) is 17.5. The number of aryl methyl sites for hydroxylation is 1. The lowest BCUT2D eigenvalue weighted by molar-refractivity contribution is 0.682. The van der Waals surface area contributed by atoms with Crippen molar-refractivity contribution in [3.8, 4) is 0 Å². The van der Waals surface area contributed by atoms with E-state index in [4.69, 9.17) is 0 Å². The summed E-state index contributed by atoms with van der Waals surface area (Å²) >= 11 is 0. The van der Waals surface area contributed by atoms with Crippen molar-refractivity contribution in [2.24, 2.45) is 7.05 Å². The highest BCUT2D eigenvalue weighted by molar-refractivity contribution is 7.84. The maximum Gasteiger partial charge on any atom is 0.145 e. The lowest BCUT2D eigenvalue weighted by atomic mass is 10.2. The molecule has 0 radical (unpaired) electrons. The molecule has 1 N–H and O–H groups in total. The molecule has 6 heteroatoms. The van der Waals surface area contributed by atoms with Crippen LogP contribution in [0.15, 0.2) is 65.8 Å².